The molecule has 3 aromatic carbocycles. The number of rotatable bonds is 9. The van der Waals surface area contributed by atoms with Crippen molar-refractivity contribution < 1.29 is 22.7 Å². The number of halogens is 2. The number of carbonyl (C=O) groups is 1. The van der Waals surface area contributed by atoms with Crippen molar-refractivity contribution in [2.75, 3.05) is 13.7 Å². The number of methoxy groups -OCH3 is 1. The third-order valence-electron chi connectivity index (χ3n) is 5.83. The van der Waals surface area contributed by atoms with Crippen molar-refractivity contribution in [2.24, 2.45) is 5.10 Å². The number of nitrogens with zero attached hydrogens (tertiary/aromatic N) is 2. The molecule has 0 radical (unpaired) electrons. The van der Waals surface area contributed by atoms with Crippen LogP contribution in [0.1, 0.15) is 24.0 Å². The second-order valence-corrected chi connectivity index (χ2v) is 11.4. The Morgan fingerprint density at radius 1 is 1.16 bits per heavy atom. The molecule has 0 unspecified atom stereocenters. The summed E-state index contributed by atoms with van der Waals surface area (Å²) >= 11 is 9.38. The Labute approximate surface area is 229 Å². The predicted octanol–water partition coefficient (Wildman–Crippen LogP) is 4.99. The molecule has 1 N–H and O–H groups in total. The number of hydrogen-bond acceptors (Lipinski definition) is 6. The summed E-state index contributed by atoms with van der Waals surface area (Å²) in [5, 5.41) is 4.49. The minimum Gasteiger partial charge on any atom is -0.493 e. The predicted molar refractivity (Wildman–Crippen MR) is 146 cm³/mol. The van der Waals surface area contributed by atoms with Gasteiger partial charge in [0.05, 0.1) is 18.2 Å². The molecule has 1 aliphatic rings. The average molecular weight is 607 g/mol. The number of benzene rings is 3. The van der Waals surface area contributed by atoms with E-state index in [0.717, 1.165) is 5.56 Å². The molecule has 0 saturated carbocycles. The van der Waals surface area contributed by atoms with Crippen LogP contribution in [0.2, 0.25) is 5.02 Å². The maximum atomic E-state index is 13.1. The number of hydrazone groups is 1. The fraction of sp³-hybridized carbons (Fsp3) is 0.231. The fourth-order valence-electron chi connectivity index (χ4n) is 3.93. The molecule has 0 spiro atoms. The van der Waals surface area contributed by atoms with E-state index >= 15 is 0 Å². The second-order valence-electron chi connectivity index (χ2n) is 8.26. The van der Waals surface area contributed by atoms with Gasteiger partial charge in [-0.05, 0) is 70.7 Å². The van der Waals surface area contributed by atoms with E-state index in [2.05, 4.69) is 26.5 Å². The molecule has 1 saturated heterocycles. The first-order chi connectivity index (χ1) is 17.8. The van der Waals surface area contributed by atoms with Crippen LogP contribution in [0.3, 0.4) is 0 Å². The largest absolute Gasteiger partial charge is 0.493 e. The van der Waals surface area contributed by atoms with Gasteiger partial charge in [0.15, 0.2) is 11.5 Å². The van der Waals surface area contributed by atoms with Gasteiger partial charge >= 0.3 is 0 Å². The van der Waals surface area contributed by atoms with E-state index in [1.807, 2.05) is 30.3 Å². The molecular formula is C26H25BrClN3O5S. The highest BCUT2D eigenvalue weighted by Crippen LogP contribution is 2.33. The number of sulfonamides is 1. The smallest absolute Gasteiger partial charge is 0.258 e. The molecule has 1 aliphatic heterocycles. The van der Waals surface area contributed by atoms with E-state index < -0.39 is 22.0 Å². The molecule has 1 atom stereocenters. The Hall–Kier alpha value is -2.92. The van der Waals surface area contributed by atoms with Crippen LogP contribution in [-0.2, 0) is 21.4 Å². The highest BCUT2D eigenvalue weighted by atomic mass is 79.9. The standard InChI is InChI=1S/C26H25BrClN3O5S/c1-35-24-14-19(22(27)15-25(24)36-17-18-6-3-2-4-7-18)16-29-30-26(32)23-8-5-13-31(23)37(33,34)21-11-9-20(28)10-12-21/h2-4,6-7,9-12,14-16,23H,5,8,13,17H2,1H3,(H,30,32)/b29-16-/t23-/m1/s1. The topological polar surface area (TPSA) is 97.3 Å². The summed E-state index contributed by atoms with van der Waals surface area (Å²) < 4.78 is 39.4. The second kappa shape index (κ2) is 12.1. The molecular weight excluding hydrogens is 582 g/mol. The number of hydrogen-bond donors (Lipinski definition) is 1. The SMILES string of the molecule is COc1cc(/C=N\NC(=O)[C@H]2CCCN2S(=O)(=O)c2ccc(Cl)cc2)c(Br)cc1OCc1ccccc1. The summed E-state index contributed by atoms with van der Waals surface area (Å²) in [5.41, 5.74) is 4.13. The highest BCUT2D eigenvalue weighted by molar-refractivity contribution is 9.10. The zero-order valence-electron chi connectivity index (χ0n) is 19.9. The van der Waals surface area contributed by atoms with Crippen molar-refractivity contribution in [2.45, 2.75) is 30.4 Å². The maximum Gasteiger partial charge on any atom is 0.258 e. The number of carbonyl (C=O) groups excluding carboxylic acids is 1. The van der Waals surface area contributed by atoms with E-state index in [1.54, 1.807) is 12.1 Å². The van der Waals surface area contributed by atoms with Gasteiger partial charge < -0.3 is 9.47 Å². The Morgan fingerprint density at radius 2 is 1.89 bits per heavy atom. The summed E-state index contributed by atoms with van der Waals surface area (Å²) in [6.07, 6.45) is 2.43. The van der Waals surface area contributed by atoms with Crippen LogP contribution in [-0.4, -0.2) is 44.5 Å². The molecule has 0 aliphatic carbocycles. The molecule has 3 aromatic rings. The molecule has 194 valence electrons. The van der Waals surface area contributed by atoms with Crippen LogP contribution < -0.4 is 14.9 Å². The van der Waals surface area contributed by atoms with E-state index in [-0.39, 0.29) is 11.4 Å². The van der Waals surface area contributed by atoms with Gasteiger partial charge in [0.25, 0.3) is 5.91 Å². The quantitative estimate of drug-likeness (QED) is 0.273. The van der Waals surface area contributed by atoms with Gasteiger partial charge in [0.2, 0.25) is 10.0 Å². The minimum absolute atomic E-state index is 0.0886. The van der Waals surface area contributed by atoms with Gasteiger partial charge in [-0.25, -0.2) is 13.8 Å². The number of nitrogens with one attached hydrogen (secondary N) is 1. The molecule has 1 amide bonds. The summed E-state index contributed by atoms with van der Waals surface area (Å²) in [6.45, 7) is 0.629. The lowest BCUT2D eigenvalue weighted by atomic mass is 10.2. The molecule has 37 heavy (non-hydrogen) atoms. The van der Waals surface area contributed by atoms with Crippen LogP contribution in [0.4, 0.5) is 0 Å². The van der Waals surface area contributed by atoms with Crippen LogP contribution in [0.25, 0.3) is 0 Å². The molecule has 0 aromatic heterocycles. The molecule has 11 heteroatoms. The molecule has 8 nitrogen and oxygen atoms in total. The Morgan fingerprint density at radius 3 is 2.59 bits per heavy atom. The first-order valence-electron chi connectivity index (χ1n) is 11.4. The third kappa shape index (κ3) is 6.51. The van der Waals surface area contributed by atoms with E-state index in [1.165, 1.54) is 41.9 Å². The van der Waals surface area contributed by atoms with E-state index in [4.69, 9.17) is 21.1 Å². The van der Waals surface area contributed by atoms with Crippen molar-refractivity contribution in [1.82, 2.24) is 9.73 Å². The maximum absolute atomic E-state index is 13.1. The Kier molecular flexibility index (Phi) is 8.86. The van der Waals surface area contributed by atoms with Gasteiger partial charge in [0.1, 0.15) is 12.6 Å². The van der Waals surface area contributed by atoms with Gasteiger partial charge in [-0.1, -0.05) is 41.9 Å². The summed E-state index contributed by atoms with van der Waals surface area (Å²) in [4.78, 5) is 12.9. The van der Waals surface area contributed by atoms with Crippen LogP contribution in [0, 0.1) is 0 Å². The fourth-order valence-corrected chi connectivity index (χ4v) is 6.14. The first kappa shape index (κ1) is 27.1. The zero-order chi connectivity index (χ0) is 26.4. The molecule has 4 rings (SSSR count). The van der Waals surface area contributed by atoms with Crippen molar-refractivity contribution in [3.8, 4) is 11.5 Å². The lowest BCUT2D eigenvalue weighted by molar-refractivity contribution is -0.124. The monoisotopic (exact) mass is 605 g/mol. The van der Waals surface area contributed by atoms with Gasteiger partial charge in [-0.2, -0.15) is 9.41 Å². The average Bonchev–Trinajstić information content (AvgIpc) is 3.40. The van der Waals surface area contributed by atoms with Gasteiger partial charge in [-0.15, -0.1) is 0 Å². The van der Waals surface area contributed by atoms with Crippen LogP contribution >= 0.6 is 27.5 Å². The van der Waals surface area contributed by atoms with Gasteiger partial charge in [-0.3, -0.25) is 4.79 Å². The summed E-state index contributed by atoms with van der Waals surface area (Å²) in [6, 6.07) is 18.3. The summed E-state index contributed by atoms with van der Waals surface area (Å²) in [7, 11) is -2.31. The number of ether oxygens (including phenoxy) is 2. The third-order valence-corrected chi connectivity index (χ3v) is 8.69. The van der Waals surface area contributed by atoms with E-state index in [9.17, 15) is 13.2 Å². The van der Waals surface area contributed by atoms with Gasteiger partial charge in [0, 0.05) is 21.6 Å². The van der Waals surface area contributed by atoms with Crippen LogP contribution in [0.15, 0.2) is 81.2 Å². The zero-order valence-corrected chi connectivity index (χ0v) is 23.1. The number of amides is 1. The van der Waals surface area contributed by atoms with Crippen LogP contribution in [0.5, 0.6) is 11.5 Å². The first-order valence-corrected chi connectivity index (χ1v) is 14.1. The lowest BCUT2D eigenvalue weighted by Crippen LogP contribution is -2.44. The normalized spacial score (nSPS) is 16.1. The molecule has 1 heterocycles. The minimum atomic E-state index is -3.85. The van der Waals surface area contributed by atoms with Crippen molar-refractivity contribution >= 4 is 49.7 Å². The van der Waals surface area contributed by atoms with Crippen molar-refractivity contribution in [1.29, 1.82) is 0 Å². The molecule has 1 fully saturated rings. The Bertz CT molecular complexity index is 1390. The van der Waals surface area contributed by atoms with Crippen molar-refractivity contribution in [3.05, 3.63) is 87.4 Å². The Balaban J connectivity index is 1.43. The van der Waals surface area contributed by atoms with E-state index in [0.29, 0.717) is 46.0 Å². The van der Waals surface area contributed by atoms with Crippen molar-refractivity contribution in [3.63, 3.8) is 0 Å². The summed E-state index contributed by atoms with van der Waals surface area (Å²) in [5.74, 6) is 0.550. The lowest BCUT2D eigenvalue weighted by Gasteiger charge is -2.22. The highest BCUT2D eigenvalue weighted by Gasteiger charge is 2.39. The molecule has 0 bridgehead atoms.